The van der Waals surface area contributed by atoms with Crippen LogP contribution in [0.1, 0.15) is 25.7 Å². The minimum absolute atomic E-state index is 0.345. The highest BCUT2D eigenvalue weighted by Gasteiger charge is 2.21. The van der Waals surface area contributed by atoms with Crippen LogP contribution in [0.3, 0.4) is 0 Å². The van der Waals surface area contributed by atoms with Crippen molar-refractivity contribution in [2.75, 3.05) is 0 Å². The summed E-state index contributed by atoms with van der Waals surface area (Å²) in [7, 11) is 0. The van der Waals surface area contributed by atoms with Crippen LogP contribution in [0, 0.1) is 11.3 Å². The Morgan fingerprint density at radius 2 is 2.20 bits per heavy atom. The highest BCUT2D eigenvalue weighted by atomic mass is 79.9. The third-order valence-corrected chi connectivity index (χ3v) is 2.88. The van der Waals surface area contributed by atoms with Crippen molar-refractivity contribution in [3.05, 3.63) is 0 Å². The van der Waals surface area contributed by atoms with Gasteiger partial charge in [-0.15, -0.1) is 0 Å². The Balaban J connectivity index is 2.39. The van der Waals surface area contributed by atoms with Crippen molar-refractivity contribution >= 4 is 21.8 Å². The van der Waals surface area contributed by atoms with Crippen LogP contribution in [0.15, 0.2) is 0 Å². The van der Waals surface area contributed by atoms with Gasteiger partial charge in [-0.2, -0.15) is 0 Å². The summed E-state index contributed by atoms with van der Waals surface area (Å²) in [4.78, 5) is 0.593. The minimum Gasteiger partial charge on any atom is -0.387 e. The van der Waals surface area contributed by atoms with Crippen molar-refractivity contribution < 1.29 is 0 Å². The maximum Gasteiger partial charge on any atom is 0.0937 e. The summed E-state index contributed by atoms with van der Waals surface area (Å²) in [5.74, 6) is 0.710. The number of alkyl halides is 1. The zero-order valence-electron chi connectivity index (χ0n) is 5.94. The monoisotopic (exact) mass is 204 g/mol. The Morgan fingerprint density at radius 1 is 1.50 bits per heavy atom. The number of hydrogen-bond donors (Lipinski definition) is 2. The fourth-order valence-electron chi connectivity index (χ4n) is 1.41. The van der Waals surface area contributed by atoms with E-state index in [1.54, 1.807) is 0 Å². The second-order valence-corrected chi connectivity index (χ2v) is 4.21. The van der Waals surface area contributed by atoms with Gasteiger partial charge in [0.15, 0.2) is 0 Å². The Kier molecular flexibility index (Phi) is 2.72. The molecule has 3 N–H and O–H groups in total. The third kappa shape index (κ3) is 1.97. The topological polar surface area (TPSA) is 49.9 Å². The lowest BCUT2D eigenvalue weighted by molar-refractivity contribution is 0.450. The van der Waals surface area contributed by atoms with Gasteiger partial charge in [-0.1, -0.05) is 22.4 Å². The Bertz CT molecular complexity index is 136. The summed E-state index contributed by atoms with van der Waals surface area (Å²) in [6.45, 7) is 0. The summed E-state index contributed by atoms with van der Waals surface area (Å²) >= 11 is 3.54. The normalized spacial score (nSPS) is 33.7. The van der Waals surface area contributed by atoms with Crippen LogP contribution >= 0.6 is 15.9 Å². The molecule has 0 aromatic carbocycles. The molecule has 0 aromatic rings. The molecule has 1 rings (SSSR count). The molecule has 58 valence electrons. The first-order chi connectivity index (χ1) is 4.70. The van der Waals surface area contributed by atoms with Crippen LogP contribution < -0.4 is 5.73 Å². The molecule has 2 atom stereocenters. The van der Waals surface area contributed by atoms with Gasteiger partial charge in [0, 0.05) is 10.7 Å². The molecule has 1 fully saturated rings. The maximum absolute atomic E-state index is 7.24. The van der Waals surface area contributed by atoms with E-state index in [0.717, 1.165) is 12.8 Å². The van der Waals surface area contributed by atoms with Crippen LogP contribution in [-0.4, -0.2) is 10.7 Å². The van der Waals surface area contributed by atoms with Gasteiger partial charge in [-0.05, 0) is 19.3 Å². The number of amidine groups is 1. The molecule has 10 heavy (non-hydrogen) atoms. The van der Waals surface area contributed by atoms with E-state index in [1.165, 1.54) is 12.8 Å². The van der Waals surface area contributed by atoms with Gasteiger partial charge in [0.2, 0.25) is 0 Å². The SMILES string of the molecule is N=C(N)C1CCCC(Br)C1. The first-order valence-electron chi connectivity index (χ1n) is 3.68. The molecule has 0 heterocycles. The van der Waals surface area contributed by atoms with Crippen molar-refractivity contribution in [1.82, 2.24) is 0 Å². The number of nitrogens with two attached hydrogens (primary N) is 1. The quantitative estimate of drug-likeness (QED) is 0.383. The summed E-state index contributed by atoms with van der Waals surface area (Å²) in [5.41, 5.74) is 5.39. The summed E-state index contributed by atoms with van der Waals surface area (Å²) in [5, 5.41) is 7.24. The van der Waals surface area contributed by atoms with Gasteiger partial charge in [0.05, 0.1) is 5.84 Å². The van der Waals surface area contributed by atoms with Crippen molar-refractivity contribution in [2.24, 2.45) is 11.7 Å². The van der Waals surface area contributed by atoms with Gasteiger partial charge in [-0.3, -0.25) is 5.41 Å². The Labute approximate surface area is 69.8 Å². The molecular formula is C7H13BrN2. The van der Waals surface area contributed by atoms with Crippen LogP contribution in [0.2, 0.25) is 0 Å². The second-order valence-electron chi connectivity index (χ2n) is 2.92. The minimum atomic E-state index is 0.345. The summed E-state index contributed by atoms with van der Waals surface area (Å²) in [6.07, 6.45) is 4.61. The first-order valence-corrected chi connectivity index (χ1v) is 4.59. The predicted molar refractivity (Wildman–Crippen MR) is 46.6 cm³/mol. The summed E-state index contributed by atoms with van der Waals surface area (Å²) < 4.78 is 0. The average molecular weight is 205 g/mol. The molecule has 0 bridgehead atoms. The van der Waals surface area contributed by atoms with Gasteiger partial charge in [-0.25, -0.2) is 0 Å². The van der Waals surface area contributed by atoms with Gasteiger partial charge in [0.1, 0.15) is 0 Å². The van der Waals surface area contributed by atoms with E-state index in [0.29, 0.717) is 16.6 Å². The highest BCUT2D eigenvalue weighted by molar-refractivity contribution is 9.09. The molecule has 1 aliphatic rings. The van der Waals surface area contributed by atoms with E-state index < -0.39 is 0 Å². The molecule has 0 saturated heterocycles. The molecule has 1 saturated carbocycles. The molecule has 3 heteroatoms. The zero-order chi connectivity index (χ0) is 7.56. The summed E-state index contributed by atoms with van der Waals surface area (Å²) in [6, 6.07) is 0. The van der Waals surface area contributed by atoms with Crippen molar-refractivity contribution in [3.8, 4) is 0 Å². The maximum atomic E-state index is 7.24. The van der Waals surface area contributed by atoms with Crippen molar-refractivity contribution in [2.45, 2.75) is 30.5 Å². The number of halogens is 1. The molecule has 0 radical (unpaired) electrons. The lowest BCUT2D eigenvalue weighted by Gasteiger charge is -2.24. The molecule has 2 unspecified atom stereocenters. The van der Waals surface area contributed by atoms with Crippen molar-refractivity contribution in [3.63, 3.8) is 0 Å². The van der Waals surface area contributed by atoms with E-state index in [2.05, 4.69) is 15.9 Å². The second kappa shape index (κ2) is 3.37. The molecule has 2 nitrogen and oxygen atoms in total. The van der Waals surface area contributed by atoms with E-state index >= 15 is 0 Å². The number of nitrogens with one attached hydrogen (secondary N) is 1. The van der Waals surface area contributed by atoms with E-state index in [-0.39, 0.29) is 0 Å². The molecule has 0 amide bonds. The number of rotatable bonds is 1. The van der Waals surface area contributed by atoms with Crippen LogP contribution in [0.4, 0.5) is 0 Å². The first kappa shape index (κ1) is 8.05. The van der Waals surface area contributed by atoms with E-state index in [1.807, 2.05) is 0 Å². The van der Waals surface area contributed by atoms with Gasteiger partial charge < -0.3 is 5.73 Å². The molecule has 1 aliphatic carbocycles. The smallest absolute Gasteiger partial charge is 0.0937 e. The fraction of sp³-hybridized carbons (Fsp3) is 0.857. The zero-order valence-corrected chi connectivity index (χ0v) is 7.52. The Morgan fingerprint density at radius 3 is 2.60 bits per heavy atom. The molecule has 0 aromatic heterocycles. The lowest BCUT2D eigenvalue weighted by atomic mass is 9.88. The highest BCUT2D eigenvalue weighted by Crippen LogP contribution is 2.28. The molecule has 0 aliphatic heterocycles. The molecule has 0 spiro atoms. The van der Waals surface area contributed by atoms with Crippen LogP contribution in [0.25, 0.3) is 0 Å². The molecular weight excluding hydrogens is 192 g/mol. The Hall–Kier alpha value is -0.0500. The van der Waals surface area contributed by atoms with Crippen molar-refractivity contribution in [1.29, 1.82) is 5.41 Å². The lowest BCUT2D eigenvalue weighted by Crippen LogP contribution is -2.27. The van der Waals surface area contributed by atoms with Gasteiger partial charge in [0.25, 0.3) is 0 Å². The third-order valence-electron chi connectivity index (χ3n) is 2.05. The average Bonchev–Trinajstić information content (AvgIpc) is 1.88. The number of hydrogen-bond acceptors (Lipinski definition) is 1. The fourth-order valence-corrected chi connectivity index (χ4v) is 2.19. The standard InChI is InChI=1S/C7H13BrN2/c8-6-3-1-2-5(4-6)7(9)10/h5-6H,1-4H2,(H3,9,10). The van der Waals surface area contributed by atoms with Crippen LogP contribution in [0.5, 0.6) is 0 Å². The van der Waals surface area contributed by atoms with Gasteiger partial charge >= 0.3 is 0 Å². The van der Waals surface area contributed by atoms with E-state index in [4.69, 9.17) is 11.1 Å². The van der Waals surface area contributed by atoms with E-state index in [9.17, 15) is 0 Å². The largest absolute Gasteiger partial charge is 0.387 e. The van der Waals surface area contributed by atoms with Crippen LogP contribution in [-0.2, 0) is 0 Å². The predicted octanol–water partition coefficient (Wildman–Crippen LogP) is 1.88.